The molecule has 0 fully saturated rings. The van der Waals surface area contributed by atoms with Crippen molar-refractivity contribution in [1.29, 1.82) is 0 Å². The third-order valence-electron chi connectivity index (χ3n) is 2.27. The topological polar surface area (TPSA) is 59.1 Å². The Bertz CT molecular complexity index is 298. The first-order chi connectivity index (χ1) is 7.00. The molecule has 84 valence electrons. The molecule has 0 aromatic carbocycles. The molecule has 3 N–H and O–H groups in total. The van der Waals surface area contributed by atoms with Crippen LogP contribution in [0.25, 0.3) is 0 Å². The zero-order chi connectivity index (χ0) is 11.4. The van der Waals surface area contributed by atoms with Crippen molar-refractivity contribution in [3.05, 3.63) is 23.9 Å². The normalized spacial score (nSPS) is 17.1. The zero-order valence-corrected chi connectivity index (χ0v) is 10.2. The summed E-state index contributed by atoms with van der Waals surface area (Å²) in [6.45, 7) is 5.70. The van der Waals surface area contributed by atoms with Gasteiger partial charge in [-0.3, -0.25) is 0 Å². The van der Waals surface area contributed by atoms with Crippen LogP contribution in [0.1, 0.15) is 32.4 Å². The first kappa shape index (κ1) is 12.5. The van der Waals surface area contributed by atoms with Crippen LogP contribution >= 0.6 is 11.8 Å². The number of rotatable bonds is 4. The largest absolute Gasteiger partial charge is 0.392 e. The number of hydrogen-bond acceptors (Lipinski definition) is 4. The maximum absolute atomic E-state index is 9.36. The van der Waals surface area contributed by atoms with E-state index in [1.807, 2.05) is 26.0 Å². The molecule has 3 atom stereocenters. The average molecular weight is 226 g/mol. The maximum atomic E-state index is 9.36. The van der Waals surface area contributed by atoms with Crippen LogP contribution in [0.5, 0.6) is 0 Å². The molecule has 4 heteroatoms. The smallest absolute Gasteiger partial charge is 0.0963 e. The second-order valence-corrected chi connectivity index (χ2v) is 5.18. The first-order valence-corrected chi connectivity index (χ1v) is 5.95. The highest BCUT2D eigenvalue weighted by atomic mass is 32.2. The molecule has 2 unspecified atom stereocenters. The number of aliphatic hydroxyl groups is 1. The van der Waals surface area contributed by atoms with Crippen LogP contribution in [0.3, 0.4) is 0 Å². The van der Waals surface area contributed by atoms with Gasteiger partial charge in [0.15, 0.2) is 0 Å². The minimum absolute atomic E-state index is 0.0192. The summed E-state index contributed by atoms with van der Waals surface area (Å²) in [5.74, 6) is 0. The first-order valence-electron chi connectivity index (χ1n) is 5.07. The Kier molecular flexibility index (Phi) is 4.57. The second kappa shape index (κ2) is 5.49. The number of hydrogen-bond donors (Lipinski definition) is 2. The van der Waals surface area contributed by atoms with E-state index in [1.165, 1.54) is 0 Å². The van der Waals surface area contributed by atoms with Gasteiger partial charge in [-0.2, -0.15) is 0 Å². The van der Waals surface area contributed by atoms with Gasteiger partial charge in [0.1, 0.15) is 0 Å². The SMILES string of the molecule is CC(O)C(C)Sc1ccc([C@H](C)N)cn1. The molecule has 0 aliphatic carbocycles. The molecule has 0 saturated heterocycles. The molecule has 3 nitrogen and oxygen atoms in total. The monoisotopic (exact) mass is 226 g/mol. The summed E-state index contributed by atoms with van der Waals surface area (Å²) in [5, 5.41) is 10.4. The van der Waals surface area contributed by atoms with Gasteiger partial charge in [0, 0.05) is 17.5 Å². The number of nitrogens with two attached hydrogens (primary N) is 1. The van der Waals surface area contributed by atoms with Crippen LogP contribution in [0.2, 0.25) is 0 Å². The lowest BCUT2D eigenvalue weighted by Gasteiger charge is -2.13. The molecule has 1 rings (SSSR count). The van der Waals surface area contributed by atoms with Crippen molar-refractivity contribution in [2.24, 2.45) is 5.73 Å². The summed E-state index contributed by atoms with van der Waals surface area (Å²) in [7, 11) is 0. The van der Waals surface area contributed by atoms with Gasteiger partial charge in [0.05, 0.1) is 11.1 Å². The van der Waals surface area contributed by atoms with E-state index in [0.717, 1.165) is 10.6 Å². The van der Waals surface area contributed by atoms with E-state index in [0.29, 0.717) is 0 Å². The quantitative estimate of drug-likeness (QED) is 0.771. The molecule has 0 amide bonds. The fraction of sp³-hybridized carbons (Fsp3) is 0.545. The fourth-order valence-corrected chi connectivity index (χ4v) is 1.86. The summed E-state index contributed by atoms with van der Waals surface area (Å²) >= 11 is 1.57. The molecular weight excluding hydrogens is 208 g/mol. The minimum Gasteiger partial charge on any atom is -0.392 e. The van der Waals surface area contributed by atoms with Gasteiger partial charge in [0.25, 0.3) is 0 Å². The molecule has 0 radical (unpaired) electrons. The molecule has 0 spiro atoms. The van der Waals surface area contributed by atoms with Crippen molar-refractivity contribution in [3.8, 4) is 0 Å². The van der Waals surface area contributed by atoms with Gasteiger partial charge in [-0.1, -0.05) is 13.0 Å². The predicted molar refractivity (Wildman–Crippen MR) is 63.8 cm³/mol. The maximum Gasteiger partial charge on any atom is 0.0963 e. The highest BCUT2D eigenvalue weighted by Crippen LogP contribution is 2.23. The lowest BCUT2D eigenvalue weighted by molar-refractivity contribution is 0.196. The molecule has 0 bridgehead atoms. The minimum atomic E-state index is -0.329. The van der Waals surface area contributed by atoms with Crippen molar-refractivity contribution >= 4 is 11.8 Å². The van der Waals surface area contributed by atoms with Crippen molar-refractivity contribution in [1.82, 2.24) is 4.98 Å². The third-order valence-corrected chi connectivity index (χ3v) is 3.52. The number of pyridine rings is 1. The van der Waals surface area contributed by atoms with Gasteiger partial charge in [-0.05, 0) is 25.5 Å². The molecule has 0 saturated carbocycles. The lowest BCUT2D eigenvalue weighted by Crippen LogP contribution is -2.15. The number of nitrogens with zero attached hydrogens (tertiary/aromatic N) is 1. The van der Waals surface area contributed by atoms with E-state index in [4.69, 9.17) is 5.73 Å². The number of aliphatic hydroxyl groups excluding tert-OH is 1. The molecule has 1 aromatic rings. The second-order valence-electron chi connectivity index (χ2n) is 3.78. The predicted octanol–water partition coefficient (Wildman–Crippen LogP) is 1.96. The Hall–Kier alpha value is -0.580. The lowest BCUT2D eigenvalue weighted by atomic mass is 10.2. The highest BCUT2D eigenvalue weighted by molar-refractivity contribution is 7.99. The van der Waals surface area contributed by atoms with E-state index in [2.05, 4.69) is 4.98 Å². The van der Waals surface area contributed by atoms with Crippen LogP contribution < -0.4 is 5.73 Å². The van der Waals surface area contributed by atoms with Gasteiger partial charge in [-0.25, -0.2) is 4.98 Å². The summed E-state index contributed by atoms with van der Waals surface area (Å²) in [5.41, 5.74) is 6.76. The van der Waals surface area contributed by atoms with E-state index in [-0.39, 0.29) is 17.4 Å². The zero-order valence-electron chi connectivity index (χ0n) is 9.34. The standard InChI is InChI=1S/C11H18N2OS/c1-7(12)10-4-5-11(13-6-10)15-9(3)8(2)14/h4-9,14H,12H2,1-3H3/t7-,8?,9?/m0/s1. The Morgan fingerprint density at radius 1 is 1.33 bits per heavy atom. The average Bonchev–Trinajstić information content (AvgIpc) is 2.18. The Balaban J connectivity index is 2.64. The summed E-state index contributed by atoms with van der Waals surface area (Å²) in [6.07, 6.45) is 1.46. The molecule has 1 heterocycles. The Morgan fingerprint density at radius 3 is 2.40 bits per heavy atom. The summed E-state index contributed by atoms with van der Waals surface area (Å²) in [4.78, 5) is 4.29. The van der Waals surface area contributed by atoms with Crippen molar-refractivity contribution in [2.75, 3.05) is 0 Å². The molecule has 1 aromatic heterocycles. The van der Waals surface area contributed by atoms with Crippen molar-refractivity contribution in [2.45, 2.75) is 43.2 Å². The van der Waals surface area contributed by atoms with E-state index in [9.17, 15) is 5.11 Å². The van der Waals surface area contributed by atoms with Crippen LogP contribution in [0.4, 0.5) is 0 Å². The Morgan fingerprint density at radius 2 is 2.00 bits per heavy atom. The van der Waals surface area contributed by atoms with Gasteiger partial charge in [-0.15, -0.1) is 11.8 Å². The van der Waals surface area contributed by atoms with Gasteiger partial charge < -0.3 is 10.8 Å². The van der Waals surface area contributed by atoms with Gasteiger partial charge in [0.2, 0.25) is 0 Å². The van der Waals surface area contributed by atoms with E-state index < -0.39 is 0 Å². The van der Waals surface area contributed by atoms with E-state index >= 15 is 0 Å². The number of aromatic nitrogens is 1. The number of thioether (sulfide) groups is 1. The molecule has 0 aliphatic heterocycles. The van der Waals surface area contributed by atoms with E-state index in [1.54, 1.807) is 24.9 Å². The van der Waals surface area contributed by atoms with Crippen LogP contribution in [-0.2, 0) is 0 Å². The van der Waals surface area contributed by atoms with Crippen LogP contribution in [-0.4, -0.2) is 21.4 Å². The third kappa shape index (κ3) is 3.81. The molecule has 0 aliphatic rings. The fourth-order valence-electron chi connectivity index (χ4n) is 1.02. The summed E-state index contributed by atoms with van der Waals surface area (Å²) in [6, 6.07) is 3.95. The Labute approximate surface area is 95.1 Å². The van der Waals surface area contributed by atoms with Crippen LogP contribution in [0.15, 0.2) is 23.4 Å². The van der Waals surface area contributed by atoms with Crippen LogP contribution in [0, 0.1) is 0 Å². The molecule has 15 heavy (non-hydrogen) atoms. The molecular formula is C11H18N2OS. The van der Waals surface area contributed by atoms with Crippen molar-refractivity contribution < 1.29 is 5.11 Å². The summed E-state index contributed by atoms with van der Waals surface area (Å²) < 4.78 is 0. The highest BCUT2D eigenvalue weighted by Gasteiger charge is 2.11. The van der Waals surface area contributed by atoms with Gasteiger partial charge >= 0.3 is 0 Å². The van der Waals surface area contributed by atoms with Crippen molar-refractivity contribution in [3.63, 3.8) is 0 Å².